The van der Waals surface area contributed by atoms with Crippen molar-refractivity contribution in [2.45, 2.75) is 6.92 Å². The molecule has 1 aromatic rings. The molecule has 0 spiro atoms. The first-order valence-electron chi connectivity index (χ1n) is 3.16. The Bertz CT molecular complexity index is 338. The lowest BCUT2D eigenvalue weighted by Crippen LogP contribution is -1.91. The number of nitro benzene ring substituents is 1. The summed E-state index contributed by atoms with van der Waals surface area (Å²) in [7, 11) is 0. The standard InChI is InChI=1S/C7H6BrNO3/c1-4-5(9(11)12)2-3-6(10)7(4)8/h2-3,10H,1H3. The highest BCUT2D eigenvalue weighted by molar-refractivity contribution is 9.10. The van der Waals surface area contributed by atoms with E-state index in [1.54, 1.807) is 6.92 Å². The molecule has 64 valence electrons. The van der Waals surface area contributed by atoms with Gasteiger partial charge in [-0.15, -0.1) is 0 Å². The van der Waals surface area contributed by atoms with Crippen LogP contribution in [-0.4, -0.2) is 10.0 Å². The second-order valence-corrected chi connectivity index (χ2v) is 3.09. The Kier molecular flexibility index (Phi) is 2.32. The number of halogens is 1. The van der Waals surface area contributed by atoms with Crippen LogP contribution in [0.2, 0.25) is 0 Å². The Morgan fingerprint density at radius 1 is 1.58 bits per heavy atom. The van der Waals surface area contributed by atoms with Gasteiger partial charge in [0.15, 0.2) is 0 Å². The molecule has 0 aliphatic rings. The van der Waals surface area contributed by atoms with Gasteiger partial charge in [-0.05, 0) is 28.9 Å². The first-order valence-corrected chi connectivity index (χ1v) is 3.96. The van der Waals surface area contributed by atoms with E-state index in [9.17, 15) is 10.1 Å². The lowest BCUT2D eigenvalue weighted by Gasteiger charge is -2.00. The van der Waals surface area contributed by atoms with Gasteiger partial charge in [0.25, 0.3) is 5.69 Å². The summed E-state index contributed by atoms with van der Waals surface area (Å²) in [5, 5.41) is 19.5. The summed E-state index contributed by atoms with van der Waals surface area (Å²) in [5.41, 5.74) is 0.430. The molecular formula is C7H6BrNO3. The van der Waals surface area contributed by atoms with E-state index in [0.29, 0.717) is 10.0 Å². The second kappa shape index (κ2) is 3.10. The van der Waals surface area contributed by atoms with Crippen LogP contribution in [0.15, 0.2) is 16.6 Å². The van der Waals surface area contributed by atoms with E-state index in [-0.39, 0.29) is 11.4 Å². The molecule has 0 saturated heterocycles. The van der Waals surface area contributed by atoms with Gasteiger partial charge in [0.2, 0.25) is 0 Å². The molecule has 4 nitrogen and oxygen atoms in total. The van der Waals surface area contributed by atoms with Gasteiger partial charge in [0.1, 0.15) is 5.75 Å². The van der Waals surface area contributed by atoms with Crippen LogP contribution in [0.25, 0.3) is 0 Å². The number of nitrogens with zero attached hydrogens (tertiary/aromatic N) is 1. The minimum Gasteiger partial charge on any atom is -0.507 e. The smallest absolute Gasteiger partial charge is 0.273 e. The van der Waals surface area contributed by atoms with Crippen LogP contribution in [0, 0.1) is 17.0 Å². The molecular weight excluding hydrogens is 226 g/mol. The lowest BCUT2D eigenvalue weighted by atomic mass is 10.2. The molecule has 0 aromatic heterocycles. The number of hydrogen-bond donors (Lipinski definition) is 1. The molecule has 12 heavy (non-hydrogen) atoms. The van der Waals surface area contributed by atoms with E-state index in [2.05, 4.69) is 15.9 Å². The van der Waals surface area contributed by atoms with Gasteiger partial charge in [-0.3, -0.25) is 10.1 Å². The molecule has 0 radical (unpaired) electrons. The average Bonchev–Trinajstić information content (AvgIpc) is 2.00. The molecule has 1 rings (SSSR count). The maximum Gasteiger partial charge on any atom is 0.273 e. The molecule has 0 saturated carbocycles. The molecule has 0 fully saturated rings. The van der Waals surface area contributed by atoms with Gasteiger partial charge >= 0.3 is 0 Å². The predicted octanol–water partition coefficient (Wildman–Crippen LogP) is 2.37. The van der Waals surface area contributed by atoms with Crippen molar-refractivity contribution in [2.75, 3.05) is 0 Å². The first-order chi connectivity index (χ1) is 5.54. The molecule has 0 atom stereocenters. The predicted molar refractivity (Wildman–Crippen MR) is 47.2 cm³/mol. The fourth-order valence-electron chi connectivity index (χ4n) is 0.858. The van der Waals surface area contributed by atoms with Crippen molar-refractivity contribution in [1.82, 2.24) is 0 Å². The monoisotopic (exact) mass is 231 g/mol. The Hall–Kier alpha value is -1.10. The fraction of sp³-hybridized carbons (Fsp3) is 0.143. The second-order valence-electron chi connectivity index (χ2n) is 2.30. The highest BCUT2D eigenvalue weighted by Gasteiger charge is 2.14. The van der Waals surface area contributed by atoms with Crippen LogP contribution in [0.4, 0.5) is 5.69 Å². The summed E-state index contributed by atoms with van der Waals surface area (Å²) in [4.78, 5) is 9.90. The summed E-state index contributed by atoms with van der Waals surface area (Å²) < 4.78 is 0.372. The van der Waals surface area contributed by atoms with E-state index in [4.69, 9.17) is 5.11 Å². The van der Waals surface area contributed by atoms with Crippen LogP contribution in [-0.2, 0) is 0 Å². The topological polar surface area (TPSA) is 63.4 Å². The number of phenols is 1. The molecule has 0 amide bonds. The molecule has 0 aliphatic heterocycles. The Morgan fingerprint density at radius 3 is 2.67 bits per heavy atom. The maximum absolute atomic E-state index is 10.4. The third-order valence-corrected chi connectivity index (χ3v) is 2.54. The number of hydrogen-bond acceptors (Lipinski definition) is 3. The summed E-state index contributed by atoms with van der Waals surface area (Å²) in [6, 6.07) is 2.56. The van der Waals surface area contributed by atoms with Crippen LogP contribution in [0.5, 0.6) is 5.75 Å². The summed E-state index contributed by atoms with van der Waals surface area (Å²) in [5.74, 6) is 0.0121. The van der Waals surface area contributed by atoms with Crippen LogP contribution < -0.4 is 0 Å². The largest absolute Gasteiger partial charge is 0.507 e. The Morgan fingerprint density at radius 2 is 2.17 bits per heavy atom. The molecule has 1 N–H and O–H groups in total. The van der Waals surface area contributed by atoms with Gasteiger partial charge in [-0.1, -0.05) is 0 Å². The first kappa shape index (κ1) is 8.99. The van der Waals surface area contributed by atoms with Crippen molar-refractivity contribution in [3.63, 3.8) is 0 Å². The number of benzene rings is 1. The van der Waals surface area contributed by atoms with Crippen molar-refractivity contribution in [3.05, 3.63) is 32.3 Å². The van der Waals surface area contributed by atoms with Gasteiger partial charge < -0.3 is 5.11 Å². The van der Waals surface area contributed by atoms with Gasteiger partial charge in [0.05, 0.1) is 9.40 Å². The minimum atomic E-state index is -0.487. The average molecular weight is 232 g/mol. The van der Waals surface area contributed by atoms with Gasteiger partial charge in [-0.2, -0.15) is 0 Å². The van der Waals surface area contributed by atoms with Crippen molar-refractivity contribution < 1.29 is 10.0 Å². The number of nitro groups is 1. The lowest BCUT2D eigenvalue weighted by molar-refractivity contribution is -0.385. The van der Waals surface area contributed by atoms with Crippen molar-refractivity contribution in [1.29, 1.82) is 0 Å². The molecule has 0 bridgehead atoms. The highest BCUT2D eigenvalue weighted by atomic mass is 79.9. The normalized spacial score (nSPS) is 9.83. The van der Waals surface area contributed by atoms with E-state index in [1.807, 2.05) is 0 Å². The summed E-state index contributed by atoms with van der Waals surface area (Å²) in [6.45, 7) is 1.57. The quantitative estimate of drug-likeness (QED) is 0.597. The zero-order chi connectivity index (χ0) is 9.30. The van der Waals surface area contributed by atoms with Crippen molar-refractivity contribution >= 4 is 21.6 Å². The SMILES string of the molecule is Cc1c([N+](=O)[O-])ccc(O)c1Br. The van der Waals surface area contributed by atoms with Crippen LogP contribution in [0.1, 0.15) is 5.56 Å². The Balaban J connectivity index is 3.36. The molecule has 1 aromatic carbocycles. The maximum atomic E-state index is 10.4. The molecule has 5 heteroatoms. The molecule has 0 heterocycles. The fourth-order valence-corrected chi connectivity index (χ4v) is 1.19. The van der Waals surface area contributed by atoms with Crippen molar-refractivity contribution in [3.8, 4) is 5.75 Å². The van der Waals surface area contributed by atoms with Gasteiger partial charge in [-0.25, -0.2) is 0 Å². The van der Waals surface area contributed by atoms with E-state index >= 15 is 0 Å². The van der Waals surface area contributed by atoms with E-state index in [0.717, 1.165) is 0 Å². The highest BCUT2D eigenvalue weighted by Crippen LogP contribution is 2.32. The van der Waals surface area contributed by atoms with Gasteiger partial charge in [0, 0.05) is 11.6 Å². The molecule has 0 unspecified atom stereocenters. The number of aromatic hydroxyl groups is 1. The summed E-state index contributed by atoms with van der Waals surface area (Å²) in [6.07, 6.45) is 0. The number of phenolic OH excluding ortho intramolecular Hbond substituents is 1. The minimum absolute atomic E-state index is 0.000301. The third kappa shape index (κ3) is 1.40. The molecule has 0 aliphatic carbocycles. The zero-order valence-electron chi connectivity index (χ0n) is 6.24. The van der Waals surface area contributed by atoms with E-state index < -0.39 is 4.92 Å². The zero-order valence-corrected chi connectivity index (χ0v) is 7.83. The summed E-state index contributed by atoms with van der Waals surface area (Å²) >= 11 is 3.04. The Labute approximate surface area is 77.1 Å². The van der Waals surface area contributed by atoms with Crippen molar-refractivity contribution in [2.24, 2.45) is 0 Å². The van der Waals surface area contributed by atoms with E-state index in [1.165, 1.54) is 12.1 Å². The third-order valence-electron chi connectivity index (χ3n) is 1.53. The van der Waals surface area contributed by atoms with Crippen LogP contribution >= 0.6 is 15.9 Å². The van der Waals surface area contributed by atoms with Crippen LogP contribution in [0.3, 0.4) is 0 Å². The number of rotatable bonds is 1.